The molecular weight excluding hydrogens is 132 g/mol. The molecule has 56 valence electrons. The van der Waals surface area contributed by atoms with E-state index in [1.165, 1.54) is 0 Å². The highest BCUT2D eigenvalue weighted by atomic mass is 16.4. The van der Waals surface area contributed by atoms with E-state index in [0.29, 0.717) is 6.42 Å². The molecule has 1 heterocycles. The molecule has 0 aromatic rings. The first-order valence-corrected chi connectivity index (χ1v) is 3.29. The van der Waals surface area contributed by atoms with Crippen LogP contribution in [-0.4, -0.2) is 34.9 Å². The van der Waals surface area contributed by atoms with Gasteiger partial charge >= 0.3 is 5.97 Å². The van der Waals surface area contributed by atoms with Gasteiger partial charge in [0.15, 0.2) is 0 Å². The summed E-state index contributed by atoms with van der Waals surface area (Å²) in [6.07, 6.45) is 0.573. The van der Waals surface area contributed by atoms with Crippen LogP contribution in [0.4, 0.5) is 0 Å². The predicted octanol–water partition coefficient (Wildman–Crippen LogP) is 0.153. The van der Waals surface area contributed by atoms with Crippen molar-refractivity contribution in [1.82, 2.24) is 5.01 Å². The van der Waals surface area contributed by atoms with Gasteiger partial charge in [0.2, 0.25) is 0 Å². The summed E-state index contributed by atoms with van der Waals surface area (Å²) in [7, 11) is 0. The van der Waals surface area contributed by atoms with Crippen molar-refractivity contribution >= 4 is 11.7 Å². The third-order valence-electron chi connectivity index (χ3n) is 1.48. The average molecular weight is 142 g/mol. The van der Waals surface area contributed by atoms with Crippen LogP contribution in [-0.2, 0) is 4.79 Å². The fourth-order valence-electron chi connectivity index (χ4n) is 0.884. The van der Waals surface area contributed by atoms with E-state index in [0.717, 1.165) is 13.1 Å². The SMILES string of the molecule is CCN1CCC(C(=O)O)=N1. The van der Waals surface area contributed by atoms with Crippen LogP contribution in [0.5, 0.6) is 0 Å². The van der Waals surface area contributed by atoms with E-state index in [-0.39, 0.29) is 5.71 Å². The molecule has 0 aliphatic carbocycles. The Morgan fingerprint density at radius 1 is 1.90 bits per heavy atom. The lowest BCUT2D eigenvalue weighted by Gasteiger charge is -2.07. The Balaban J connectivity index is 2.57. The van der Waals surface area contributed by atoms with E-state index in [1.54, 1.807) is 5.01 Å². The summed E-state index contributed by atoms with van der Waals surface area (Å²) >= 11 is 0. The van der Waals surface area contributed by atoms with Gasteiger partial charge in [-0.3, -0.25) is 5.01 Å². The van der Waals surface area contributed by atoms with Gasteiger partial charge in [0.1, 0.15) is 5.71 Å². The van der Waals surface area contributed by atoms with Gasteiger partial charge in [-0.15, -0.1) is 0 Å². The molecule has 1 rings (SSSR count). The van der Waals surface area contributed by atoms with Gasteiger partial charge < -0.3 is 5.11 Å². The van der Waals surface area contributed by atoms with Crippen molar-refractivity contribution in [3.8, 4) is 0 Å². The molecule has 1 aliphatic heterocycles. The zero-order chi connectivity index (χ0) is 7.56. The maximum atomic E-state index is 10.3. The number of rotatable bonds is 2. The molecule has 10 heavy (non-hydrogen) atoms. The summed E-state index contributed by atoms with van der Waals surface area (Å²) in [4.78, 5) is 10.3. The first kappa shape index (κ1) is 7.05. The van der Waals surface area contributed by atoms with Crippen molar-refractivity contribution < 1.29 is 9.90 Å². The molecule has 0 spiro atoms. The normalized spacial score (nSPS) is 17.3. The van der Waals surface area contributed by atoms with Crippen LogP contribution in [0.15, 0.2) is 5.10 Å². The number of carboxylic acid groups (broad SMARTS) is 1. The summed E-state index contributed by atoms with van der Waals surface area (Å²) in [6.45, 7) is 3.49. The van der Waals surface area contributed by atoms with Crippen molar-refractivity contribution in [2.75, 3.05) is 13.1 Å². The largest absolute Gasteiger partial charge is 0.477 e. The highest BCUT2D eigenvalue weighted by molar-refractivity contribution is 6.35. The van der Waals surface area contributed by atoms with E-state index in [9.17, 15) is 4.79 Å². The lowest BCUT2D eigenvalue weighted by Crippen LogP contribution is -2.11. The third-order valence-corrected chi connectivity index (χ3v) is 1.48. The van der Waals surface area contributed by atoms with Crippen LogP contribution in [0.3, 0.4) is 0 Å². The molecule has 1 aliphatic rings. The minimum absolute atomic E-state index is 0.279. The van der Waals surface area contributed by atoms with Crippen molar-refractivity contribution in [1.29, 1.82) is 0 Å². The molecule has 0 saturated heterocycles. The summed E-state index contributed by atoms with van der Waals surface area (Å²) in [5.41, 5.74) is 0.279. The molecule has 0 aromatic heterocycles. The standard InChI is InChI=1S/C6H10N2O2/c1-2-8-4-3-5(7-8)6(9)10/h2-4H2,1H3,(H,9,10). The van der Waals surface area contributed by atoms with Crippen LogP contribution in [0.25, 0.3) is 0 Å². The molecule has 0 fully saturated rings. The number of hydrogen-bond donors (Lipinski definition) is 1. The van der Waals surface area contributed by atoms with Crippen molar-refractivity contribution in [3.63, 3.8) is 0 Å². The minimum atomic E-state index is -0.893. The molecule has 4 nitrogen and oxygen atoms in total. The van der Waals surface area contributed by atoms with E-state index in [2.05, 4.69) is 5.10 Å². The maximum absolute atomic E-state index is 10.3. The average Bonchev–Trinajstić information content (AvgIpc) is 2.34. The Bertz CT molecular complexity index is 177. The molecule has 0 unspecified atom stereocenters. The highest BCUT2D eigenvalue weighted by Crippen LogP contribution is 2.04. The number of aliphatic carboxylic acids is 1. The summed E-state index contributed by atoms with van der Waals surface area (Å²) in [5.74, 6) is -0.893. The van der Waals surface area contributed by atoms with E-state index >= 15 is 0 Å². The quantitative estimate of drug-likeness (QED) is 0.597. The Morgan fingerprint density at radius 3 is 2.90 bits per heavy atom. The number of nitrogens with zero attached hydrogens (tertiary/aromatic N) is 2. The van der Waals surface area contributed by atoms with Crippen LogP contribution >= 0.6 is 0 Å². The summed E-state index contributed by atoms with van der Waals surface area (Å²) in [6, 6.07) is 0. The van der Waals surface area contributed by atoms with Gasteiger partial charge in [0, 0.05) is 19.5 Å². The van der Waals surface area contributed by atoms with Gasteiger partial charge in [-0.1, -0.05) is 0 Å². The second-order valence-electron chi connectivity index (χ2n) is 2.15. The molecular formula is C6H10N2O2. The molecule has 0 bridgehead atoms. The topological polar surface area (TPSA) is 52.9 Å². The smallest absolute Gasteiger partial charge is 0.352 e. The molecule has 0 aromatic carbocycles. The van der Waals surface area contributed by atoms with Crippen molar-refractivity contribution in [2.45, 2.75) is 13.3 Å². The lowest BCUT2D eigenvalue weighted by molar-refractivity contribution is -0.129. The molecule has 4 heteroatoms. The Hall–Kier alpha value is -1.06. The van der Waals surface area contributed by atoms with E-state index < -0.39 is 5.97 Å². The molecule has 0 atom stereocenters. The fraction of sp³-hybridized carbons (Fsp3) is 0.667. The van der Waals surface area contributed by atoms with Crippen LogP contribution in [0.1, 0.15) is 13.3 Å². The Kier molecular flexibility index (Phi) is 1.89. The second-order valence-corrected chi connectivity index (χ2v) is 2.15. The molecule has 0 saturated carbocycles. The zero-order valence-electron chi connectivity index (χ0n) is 5.87. The van der Waals surface area contributed by atoms with Crippen molar-refractivity contribution in [2.24, 2.45) is 5.10 Å². The molecule has 1 N–H and O–H groups in total. The second kappa shape index (κ2) is 2.68. The Morgan fingerprint density at radius 2 is 2.60 bits per heavy atom. The maximum Gasteiger partial charge on any atom is 0.352 e. The zero-order valence-corrected chi connectivity index (χ0v) is 5.87. The van der Waals surface area contributed by atoms with Crippen LogP contribution in [0, 0.1) is 0 Å². The van der Waals surface area contributed by atoms with E-state index in [4.69, 9.17) is 5.11 Å². The third kappa shape index (κ3) is 1.26. The van der Waals surface area contributed by atoms with Gasteiger partial charge in [0.25, 0.3) is 0 Å². The van der Waals surface area contributed by atoms with Gasteiger partial charge in [-0.2, -0.15) is 5.10 Å². The molecule has 0 radical (unpaired) electrons. The fourth-order valence-corrected chi connectivity index (χ4v) is 0.884. The van der Waals surface area contributed by atoms with Crippen LogP contribution in [0.2, 0.25) is 0 Å². The number of carboxylic acids is 1. The number of hydrogen-bond acceptors (Lipinski definition) is 3. The predicted molar refractivity (Wildman–Crippen MR) is 36.9 cm³/mol. The summed E-state index contributed by atoms with van der Waals surface area (Å²) in [5, 5.41) is 14.1. The van der Waals surface area contributed by atoms with Crippen molar-refractivity contribution in [3.05, 3.63) is 0 Å². The molecule has 0 amide bonds. The van der Waals surface area contributed by atoms with Gasteiger partial charge in [0.05, 0.1) is 0 Å². The lowest BCUT2D eigenvalue weighted by atomic mass is 10.3. The van der Waals surface area contributed by atoms with Gasteiger partial charge in [-0.25, -0.2) is 4.79 Å². The Labute approximate surface area is 59.1 Å². The monoisotopic (exact) mass is 142 g/mol. The summed E-state index contributed by atoms with van der Waals surface area (Å²) < 4.78 is 0. The van der Waals surface area contributed by atoms with Gasteiger partial charge in [-0.05, 0) is 6.92 Å². The first-order chi connectivity index (χ1) is 4.74. The number of hydrazone groups is 1. The number of carbonyl (C=O) groups is 1. The minimum Gasteiger partial charge on any atom is -0.477 e. The van der Waals surface area contributed by atoms with Crippen LogP contribution < -0.4 is 0 Å². The highest BCUT2D eigenvalue weighted by Gasteiger charge is 2.17. The first-order valence-electron chi connectivity index (χ1n) is 3.29. The van der Waals surface area contributed by atoms with E-state index in [1.807, 2.05) is 6.92 Å².